The number of ether oxygens (including phenoxy) is 1. The van der Waals surface area contributed by atoms with Crippen LogP contribution in [0.4, 0.5) is 0 Å². The number of rotatable bonds is 2. The molecular weight excluding hydrogens is 200 g/mol. The summed E-state index contributed by atoms with van der Waals surface area (Å²) in [7, 11) is 0. The molecule has 0 unspecified atom stereocenters. The second-order valence-corrected chi connectivity index (χ2v) is 5.29. The van der Waals surface area contributed by atoms with Crippen molar-refractivity contribution in [2.45, 2.75) is 46.0 Å². The lowest BCUT2D eigenvalue weighted by molar-refractivity contribution is -0.154. The SMILES string of the molecule is CCOC(=O)[C@H]1[C@@H](C)CC=CC12CCCC2. The molecule has 0 saturated heterocycles. The van der Waals surface area contributed by atoms with Crippen LogP contribution in [-0.4, -0.2) is 12.6 Å². The van der Waals surface area contributed by atoms with Gasteiger partial charge in [-0.25, -0.2) is 0 Å². The molecule has 2 rings (SSSR count). The van der Waals surface area contributed by atoms with E-state index in [9.17, 15) is 4.79 Å². The molecule has 2 aliphatic rings. The van der Waals surface area contributed by atoms with E-state index < -0.39 is 0 Å². The predicted molar refractivity (Wildman–Crippen MR) is 63.9 cm³/mol. The fraction of sp³-hybridized carbons (Fsp3) is 0.786. The van der Waals surface area contributed by atoms with Crippen LogP contribution in [0.25, 0.3) is 0 Å². The fourth-order valence-electron chi connectivity index (χ4n) is 3.53. The highest BCUT2D eigenvalue weighted by atomic mass is 16.5. The van der Waals surface area contributed by atoms with Crippen LogP contribution < -0.4 is 0 Å². The number of carbonyl (C=O) groups excluding carboxylic acids is 1. The molecule has 0 amide bonds. The zero-order valence-corrected chi connectivity index (χ0v) is 10.4. The predicted octanol–water partition coefficient (Wildman–Crippen LogP) is 3.32. The summed E-state index contributed by atoms with van der Waals surface area (Å²) in [5, 5.41) is 0. The van der Waals surface area contributed by atoms with Crippen molar-refractivity contribution in [1.29, 1.82) is 0 Å². The summed E-state index contributed by atoms with van der Waals surface area (Å²) >= 11 is 0. The van der Waals surface area contributed by atoms with Gasteiger partial charge in [0, 0.05) is 5.41 Å². The second-order valence-electron chi connectivity index (χ2n) is 5.29. The summed E-state index contributed by atoms with van der Waals surface area (Å²) in [5.41, 5.74) is 0.129. The average molecular weight is 222 g/mol. The molecular formula is C14H22O2. The van der Waals surface area contributed by atoms with Crippen molar-refractivity contribution >= 4 is 5.97 Å². The van der Waals surface area contributed by atoms with Crippen molar-refractivity contribution < 1.29 is 9.53 Å². The van der Waals surface area contributed by atoms with E-state index >= 15 is 0 Å². The van der Waals surface area contributed by atoms with Gasteiger partial charge in [-0.2, -0.15) is 0 Å². The molecule has 0 aliphatic heterocycles. The first-order valence-corrected chi connectivity index (χ1v) is 6.54. The molecule has 0 aromatic carbocycles. The fourth-order valence-corrected chi connectivity index (χ4v) is 3.53. The summed E-state index contributed by atoms with van der Waals surface area (Å²) in [5.74, 6) is 0.559. The molecule has 1 saturated carbocycles. The third-order valence-electron chi connectivity index (χ3n) is 4.22. The standard InChI is InChI=1S/C14H22O2/c1-3-16-13(15)12-11(2)7-6-10-14(12)8-4-5-9-14/h6,10-12H,3-5,7-9H2,1-2H3/t11-,12+/m0/s1. The maximum Gasteiger partial charge on any atom is 0.310 e. The van der Waals surface area contributed by atoms with Gasteiger partial charge in [-0.1, -0.05) is 31.9 Å². The number of hydrogen-bond acceptors (Lipinski definition) is 2. The number of allylic oxidation sites excluding steroid dienone is 2. The smallest absolute Gasteiger partial charge is 0.310 e. The van der Waals surface area contributed by atoms with E-state index in [0.717, 1.165) is 19.3 Å². The minimum atomic E-state index is 0.0289. The molecule has 16 heavy (non-hydrogen) atoms. The molecule has 0 aromatic rings. The van der Waals surface area contributed by atoms with Gasteiger partial charge < -0.3 is 4.74 Å². The van der Waals surface area contributed by atoms with E-state index in [1.54, 1.807) is 0 Å². The molecule has 1 spiro atoms. The monoisotopic (exact) mass is 222 g/mol. The van der Waals surface area contributed by atoms with Gasteiger partial charge in [0.1, 0.15) is 0 Å². The van der Waals surface area contributed by atoms with Gasteiger partial charge in [-0.15, -0.1) is 0 Å². The summed E-state index contributed by atoms with van der Waals surface area (Å²) in [6.07, 6.45) is 10.4. The van der Waals surface area contributed by atoms with Gasteiger partial charge in [-0.05, 0) is 32.1 Å². The highest BCUT2D eigenvalue weighted by molar-refractivity contribution is 5.74. The molecule has 0 N–H and O–H groups in total. The lowest BCUT2D eigenvalue weighted by Crippen LogP contribution is -2.40. The highest BCUT2D eigenvalue weighted by Gasteiger charge is 2.47. The van der Waals surface area contributed by atoms with Crippen molar-refractivity contribution in [1.82, 2.24) is 0 Å². The number of carbonyl (C=O) groups is 1. The third kappa shape index (κ3) is 1.90. The highest BCUT2D eigenvalue weighted by Crippen LogP contribution is 2.51. The summed E-state index contributed by atoms with van der Waals surface area (Å²) < 4.78 is 5.27. The quantitative estimate of drug-likeness (QED) is 0.529. The van der Waals surface area contributed by atoms with Crippen molar-refractivity contribution in [2.24, 2.45) is 17.3 Å². The van der Waals surface area contributed by atoms with E-state index in [-0.39, 0.29) is 17.3 Å². The molecule has 90 valence electrons. The minimum absolute atomic E-state index is 0.0289. The van der Waals surface area contributed by atoms with Crippen LogP contribution in [0.1, 0.15) is 46.0 Å². The first kappa shape index (κ1) is 11.7. The van der Waals surface area contributed by atoms with Crippen LogP contribution in [0.5, 0.6) is 0 Å². The molecule has 1 fully saturated rings. The molecule has 2 heteroatoms. The molecule has 2 nitrogen and oxygen atoms in total. The van der Waals surface area contributed by atoms with Crippen LogP contribution in [0, 0.1) is 17.3 Å². The Bertz CT molecular complexity index is 287. The molecule has 2 atom stereocenters. The summed E-state index contributed by atoms with van der Waals surface area (Å²) in [6.45, 7) is 4.58. The Morgan fingerprint density at radius 3 is 2.75 bits per heavy atom. The van der Waals surface area contributed by atoms with Crippen LogP contribution in [0.15, 0.2) is 12.2 Å². The third-order valence-corrected chi connectivity index (χ3v) is 4.22. The Hall–Kier alpha value is -0.790. The molecule has 2 aliphatic carbocycles. The summed E-state index contributed by atoms with van der Waals surface area (Å²) in [4.78, 5) is 12.1. The van der Waals surface area contributed by atoms with Gasteiger partial charge >= 0.3 is 5.97 Å². The zero-order chi connectivity index (χ0) is 11.6. The van der Waals surface area contributed by atoms with E-state index in [2.05, 4.69) is 19.1 Å². The Kier molecular flexibility index (Phi) is 3.36. The Morgan fingerprint density at radius 2 is 2.12 bits per heavy atom. The lowest BCUT2D eigenvalue weighted by atomic mass is 9.64. The van der Waals surface area contributed by atoms with Crippen LogP contribution in [-0.2, 0) is 9.53 Å². The first-order chi connectivity index (χ1) is 7.69. The van der Waals surface area contributed by atoms with Crippen LogP contribution in [0.3, 0.4) is 0 Å². The van der Waals surface area contributed by atoms with Crippen molar-refractivity contribution in [2.75, 3.05) is 6.61 Å². The van der Waals surface area contributed by atoms with E-state index in [4.69, 9.17) is 4.74 Å². The molecule has 0 bridgehead atoms. The molecule has 0 heterocycles. The van der Waals surface area contributed by atoms with Gasteiger partial charge in [-0.3, -0.25) is 4.79 Å². The average Bonchev–Trinajstić information content (AvgIpc) is 2.67. The Balaban J connectivity index is 2.23. The Morgan fingerprint density at radius 1 is 1.44 bits per heavy atom. The van der Waals surface area contributed by atoms with E-state index in [0.29, 0.717) is 12.5 Å². The van der Waals surface area contributed by atoms with Crippen molar-refractivity contribution in [3.05, 3.63) is 12.2 Å². The zero-order valence-electron chi connectivity index (χ0n) is 10.4. The van der Waals surface area contributed by atoms with Gasteiger partial charge in [0.15, 0.2) is 0 Å². The number of esters is 1. The van der Waals surface area contributed by atoms with E-state index in [1.807, 2.05) is 6.92 Å². The van der Waals surface area contributed by atoms with Crippen molar-refractivity contribution in [3.63, 3.8) is 0 Å². The van der Waals surface area contributed by atoms with Gasteiger partial charge in [0.25, 0.3) is 0 Å². The maximum absolute atomic E-state index is 12.1. The second kappa shape index (κ2) is 4.60. The van der Waals surface area contributed by atoms with Crippen LogP contribution in [0.2, 0.25) is 0 Å². The largest absolute Gasteiger partial charge is 0.466 e. The molecule has 0 aromatic heterocycles. The van der Waals surface area contributed by atoms with Gasteiger partial charge in [0.2, 0.25) is 0 Å². The minimum Gasteiger partial charge on any atom is -0.466 e. The van der Waals surface area contributed by atoms with Gasteiger partial charge in [0.05, 0.1) is 12.5 Å². The van der Waals surface area contributed by atoms with E-state index in [1.165, 1.54) is 12.8 Å². The first-order valence-electron chi connectivity index (χ1n) is 6.54. The lowest BCUT2D eigenvalue weighted by Gasteiger charge is -2.39. The normalized spacial score (nSPS) is 31.9. The topological polar surface area (TPSA) is 26.3 Å². The van der Waals surface area contributed by atoms with Crippen molar-refractivity contribution in [3.8, 4) is 0 Å². The number of hydrogen-bond donors (Lipinski definition) is 0. The summed E-state index contributed by atoms with van der Waals surface area (Å²) in [6, 6.07) is 0. The Labute approximate surface area is 98.1 Å². The maximum atomic E-state index is 12.1. The van der Waals surface area contributed by atoms with Crippen LogP contribution >= 0.6 is 0 Å². The molecule has 0 radical (unpaired) electrons.